The highest BCUT2D eigenvalue weighted by Crippen LogP contribution is 2.72. The van der Waals surface area contributed by atoms with Crippen LogP contribution in [0.1, 0.15) is 92.4 Å². The van der Waals surface area contributed by atoms with Gasteiger partial charge >= 0.3 is 11.9 Å². The quantitative estimate of drug-likeness (QED) is 0.280. The molecule has 0 amide bonds. The first kappa shape index (κ1) is 27.5. The molecule has 3 saturated carbocycles. The Hall–Kier alpha value is -1.11. The number of aliphatic carboxylic acids is 2. The molecule has 37 heavy (non-hydrogen) atoms. The Morgan fingerprint density at radius 1 is 0.919 bits per heavy atom. The van der Waals surface area contributed by atoms with Crippen LogP contribution in [-0.2, 0) is 9.59 Å². The summed E-state index contributed by atoms with van der Waals surface area (Å²) in [6.07, 6.45) is 4.09. The van der Waals surface area contributed by atoms with E-state index in [1.807, 2.05) is 0 Å². The summed E-state index contributed by atoms with van der Waals surface area (Å²) in [4.78, 5) is 25.4. The van der Waals surface area contributed by atoms with Crippen molar-refractivity contribution < 1.29 is 30.0 Å². The number of aliphatic hydroxyl groups excluding tert-OH is 2. The average Bonchev–Trinajstić information content (AvgIpc) is 2.81. The second-order valence-electron chi connectivity index (χ2n) is 14.8. The summed E-state index contributed by atoms with van der Waals surface area (Å²) in [5, 5.41) is 42.7. The van der Waals surface area contributed by atoms with Gasteiger partial charge in [0.15, 0.2) is 0 Å². The Balaban J connectivity index is 1.65. The van der Waals surface area contributed by atoms with Gasteiger partial charge in [-0.05, 0) is 105 Å². The third-order valence-corrected chi connectivity index (χ3v) is 13.0. The highest BCUT2D eigenvalue weighted by atomic mass is 35.5. The van der Waals surface area contributed by atoms with Crippen LogP contribution in [0, 0.1) is 50.7 Å². The number of alkyl halides is 1. The van der Waals surface area contributed by atoms with E-state index in [2.05, 4.69) is 27.7 Å². The first-order valence-corrected chi connectivity index (χ1v) is 14.7. The second kappa shape index (κ2) is 8.44. The van der Waals surface area contributed by atoms with Crippen molar-refractivity contribution in [2.45, 2.75) is 105 Å². The van der Waals surface area contributed by atoms with Crippen molar-refractivity contribution in [2.75, 3.05) is 5.88 Å². The fourth-order valence-electron chi connectivity index (χ4n) is 10.6. The molecule has 10 atom stereocenters. The van der Waals surface area contributed by atoms with Crippen molar-refractivity contribution in [3.8, 4) is 0 Å². The van der Waals surface area contributed by atoms with Crippen LogP contribution in [0.25, 0.3) is 0 Å². The van der Waals surface area contributed by atoms with Crippen molar-refractivity contribution in [2.24, 2.45) is 50.7 Å². The number of hydrogen-bond donors (Lipinski definition) is 4. The summed E-state index contributed by atoms with van der Waals surface area (Å²) < 4.78 is 0. The van der Waals surface area contributed by atoms with Crippen LogP contribution in [-0.4, -0.2) is 50.5 Å². The van der Waals surface area contributed by atoms with E-state index in [1.165, 1.54) is 11.1 Å². The van der Waals surface area contributed by atoms with Crippen LogP contribution in [0.3, 0.4) is 0 Å². The van der Waals surface area contributed by atoms with E-state index >= 15 is 0 Å². The van der Waals surface area contributed by atoms with Gasteiger partial charge in [-0.3, -0.25) is 9.59 Å². The van der Waals surface area contributed by atoms with Crippen LogP contribution in [0.4, 0.5) is 0 Å². The smallest absolute Gasteiger partial charge is 0.312 e. The molecule has 0 spiro atoms. The molecule has 7 heteroatoms. The zero-order valence-corrected chi connectivity index (χ0v) is 23.8. The zero-order valence-electron chi connectivity index (χ0n) is 23.0. The molecule has 0 aliphatic heterocycles. The number of carboxylic acid groups (broad SMARTS) is 2. The van der Waals surface area contributed by atoms with E-state index in [4.69, 9.17) is 11.6 Å². The average molecular weight is 537 g/mol. The van der Waals surface area contributed by atoms with Crippen LogP contribution in [0.15, 0.2) is 11.1 Å². The van der Waals surface area contributed by atoms with Gasteiger partial charge in [-0.15, -0.1) is 11.6 Å². The molecule has 0 saturated heterocycles. The van der Waals surface area contributed by atoms with Crippen LogP contribution < -0.4 is 0 Å². The van der Waals surface area contributed by atoms with Crippen molar-refractivity contribution >= 4 is 23.5 Å². The Kier molecular flexibility index (Phi) is 6.27. The van der Waals surface area contributed by atoms with Gasteiger partial charge in [0.25, 0.3) is 0 Å². The van der Waals surface area contributed by atoms with Crippen LogP contribution >= 0.6 is 11.6 Å². The van der Waals surface area contributed by atoms with Crippen molar-refractivity contribution in [1.82, 2.24) is 0 Å². The van der Waals surface area contributed by atoms with Crippen LogP contribution in [0.5, 0.6) is 0 Å². The molecule has 208 valence electrons. The minimum Gasteiger partial charge on any atom is -0.481 e. The zero-order chi connectivity index (χ0) is 27.3. The van der Waals surface area contributed by atoms with E-state index in [9.17, 15) is 30.0 Å². The van der Waals surface area contributed by atoms with E-state index in [0.29, 0.717) is 31.6 Å². The number of hydrogen-bond acceptors (Lipinski definition) is 4. The van der Waals surface area contributed by atoms with Gasteiger partial charge in [0, 0.05) is 5.88 Å². The summed E-state index contributed by atoms with van der Waals surface area (Å²) in [5.74, 6) is -1.43. The number of allylic oxidation sites excluding steroid dienone is 2. The predicted octanol–water partition coefficient (Wildman–Crippen LogP) is 5.49. The third kappa shape index (κ3) is 3.50. The maximum atomic E-state index is 12.8. The number of fused-ring (bicyclic) bond motifs is 6. The molecule has 0 aromatic rings. The molecule has 0 aromatic heterocycles. The lowest BCUT2D eigenvalue weighted by molar-refractivity contribution is -0.225. The van der Waals surface area contributed by atoms with Crippen LogP contribution in [0.2, 0.25) is 0 Å². The topological polar surface area (TPSA) is 115 Å². The molecule has 0 unspecified atom stereocenters. The van der Waals surface area contributed by atoms with Gasteiger partial charge < -0.3 is 20.4 Å². The number of rotatable bonds is 3. The van der Waals surface area contributed by atoms with Gasteiger partial charge in [-0.1, -0.05) is 38.8 Å². The molecular weight excluding hydrogens is 492 g/mol. The second-order valence-corrected chi connectivity index (χ2v) is 15.1. The summed E-state index contributed by atoms with van der Waals surface area (Å²) in [7, 11) is 0. The van der Waals surface area contributed by atoms with Gasteiger partial charge in [0.2, 0.25) is 0 Å². The van der Waals surface area contributed by atoms with Gasteiger partial charge in [0.05, 0.1) is 23.0 Å². The Morgan fingerprint density at radius 3 is 2.19 bits per heavy atom. The monoisotopic (exact) mass is 536 g/mol. The molecule has 5 aliphatic rings. The molecule has 3 fully saturated rings. The molecule has 6 nitrogen and oxygen atoms in total. The summed E-state index contributed by atoms with van der Waals surface area (Å²) >= 11 is 6.72. The third-order valence-electron chi connectivity index (χ3n) is 12.6. The Bertz CT molecular complexity index is 1040. The molecular formula is C30H45ClO6. The van der Waals surface area contributed by atoms with Crippen molar-refractivity contribution in [1.29, 1.82) is 0 Å². The minimum atomic E-state index is -1.42. The summed E-state index contributed by atoms with van der Waals surface area (Å²) in [5.41, 5.74) is -0.0655. The predicted molar refractivity (Wildman–Crippen MR) is 141 cm³/mol. The number of carboxylic acids is 2. The molecule has 0 bridgehead atoms. The van der Waals surface area contributed by atoms with E-state index in [-0.39, 0.29) is 34.5 Å². The van der Waals surface area contributed by atoms with Crippen molar-refractivity contribution in [3.05, 3.63) is 11.1 Å². The van der Waals surface area contributed by atoms with E-state index < -0.39 is 40.4 Å². The SMILES string of the molecule is CC1(C)CC[C@]2(C(=O)O)CCC3=C([C@H](CCl)C[C@H]4[C@@]5(C)C[C@H](O)[C@H](O)[C@](C)(C(=O)O)[C@@H]5CC[C@]34C)[C@@H]2C1. The molecule has 5 aliphatic carbocycles. The Morgan fingerprint density at radius 2 is 1.59 bits per heavy atom. The van der Waals surface area contributed by atoms with Gasteiger partial charge in [-0.25, -0.2) is 0 Å². The molecule has 4 N–H and O–H groups in total. The lowest BCUT2D eigenvalue weighted by Crippen LogP contribution is -2.67. The van der Waals surface area contributed by atoms with E-state index in [1.54, 1.807) is 6.92 Å². The first-order chi connectivity index (χ1) is 17.1. The molecule has 5 rings (SSSR count). The molecule has 0 heterocycles. The standard InChI is InChI=1S/C30H45ClO6/c1-26(2)10-11-30(25(36)37)9-6-17-22(18(30)13-26)16(15-31)12-21-27(17,3)8-7-20-28(21,4)14-19(32)23(33)29(20,5)24(34)35/h16,18-21,23,32-33H,6-15H2,1-5H3,(H,34,35)(H,36,37)/t16-,18-,19-,20+,21+,23-,27+,28-,29+,30+/m0/s1. The highest BCUT2D eigenvalue weighted by Gasteiger charge is 2.69. The molecule has 0 aromatic carbocycles. The summed E-state index contributed by atoms with van der Waals surface area (Å²) in [6, 6.07) is 0. The fourth-order valence-corrected chi connectivity index (χ4v) is 10.9. The van der Waals surface area contributed by atoms with E-state index in [0.717, 1.165) is 32.1 Å². The number of aliphatic hydroxyl groups is 2. The molecule has 0 radical (unpaired) electrons. The maximum absolute atomic E-state index is 12.8. The number of halogens is 1. The first-order valence-electron chi connectivity index (χ1n) is 14.2. The lowest BCUT2D eigenvalue weighted by atomic mass is 9.37. The normalized spacial score (nSPS) is 50.8. The maximum Gasteiger partial charge on any atom is 0.312 e. The minimum absolute atomic E-state index is 0.0207. The summed E-state index contributed by atoms with van der Waals surface area (Å²) in [6.45, 7) is 10.6. The van der Waals surface area contributed by atoms with Gasteiger partial charge in [0.1, 0.15) is 0 Å². The lowest BCUT2D eigenvalue weighted by Gasteiger charge is -2.67. The fraction of sp³-hybridized carbons (Fsp3) is 0.867. The number of carbonyl (C=O) groups is 2. The van der Waals surface area contributed by atoms with Crippen molar-refractivity contribution in [3.63, 3.8) is 0 Å². The highest BCUT2D eigenvalue weighted by molar-refractivity contribution is 6.18. The largest absolute Gasteiger partial charge is 0.481 e. The Labute approximate surface area is 225 Å². The van der Waals surface area contributed by atoms with Gasteiger partial charge in [-0.2, -0.15) is 0 Å².